The Hall–Kier alpha value is -2.26. The van der Waals surface area contributed by atoms with Gasteiger partial charge in [-0.15, -0.1) is 5.10 Å². The molecule has 0 aliphatic carbocycles. The van der Waals surface area contributed by atoms with E-state index in [-0.39, 0.29) is 11.5 Å². The normalized spacial score (nSPS) is 12.5. The van der Waals surface area contributed by atoms with Crippen LogP contribution in [0.2, 0.25) is 0 Å². The highest BCUT2D eigenvalue weighted by atomic mass is 16.1. The monoisotopic (exact) mass is 271 g/mol. The topological polar surface area (TPSA) is 74.8 Å². The Morgan fingerprint density at radius 3 is 2.90 bits per heavy atom. The highest BCUT2D eigenvalue weighted by Gasteiger charge is 2.11. The Morgan fingerprint density at radius 1 is 1.45 bits per heavy atom. The van der Waals surface area contributed by atoms with E-state index in [1.54, 1.807) is 12.1 Å². The molecule has 0 fully saturated rings. The fourth-order valence-corrected chi connectivity index (χ4v) is 2.02. The molecule has 20 heavy (non-hydrogen) atoms. The Labute approximate surface area is 117 Å². The molecule has 0 aliphatic heterocycles. The standard InChI is InChI=1S/C14H17N5O/c1-3-18(9-11(2)8-15)10-19-14(20)12-6-4-5-7-13(12)16-17-19/h4-7,11H,3,9-10H2,1-2H3. The average molecular weight is 271 g/mol. The Kier molecular flexibility index (Phi) is 4.43. The van der Waals surface area contributed by atoms with Crippen molar-refractivity contribution < 1.29 is 0 Å². The van der Waals surface area contributed by atoms with Gasteiger partial charge in [0.25, 0.3) is 5.56 Å². The van der Waals surface area contributed by atoms with Crippen molar-refractivity contribution in [2.75, 3.05) is 13.1 Å². The molecule has 1 aromatic heterocycles. The third-order valence-corrected chi connectivity index (χ3v) is 3.16. The third-order valence-electron chi connectivity index (χ3n) is 3.16. The van der Waals surface area contributed by atoms with Gasteiger partial charge in [0.2, 0.25) is 0 Å². The molecule has 0 aliphatic rings. The minimum Gasteiger partial charge on any atom is -0.283 e. The third kappa shape index (κ3) is 3.00. The van der Waals surface area contributed by atoms with Gasteiger partial charge < -0.3 is 0 Å². The molecule has 1 unspecified atom stereocenters. The molecule has 0 amide bonds. The van der Waals surface area contributed by atoms with Crippen LogP contribution in [-0.2, 0) is 6.67 Å². The summed E-state index contributed by atoms with van der Waals surface area (Å²) in [5.74, 6) is -0.0842. The fourth-order valence-electron chi connectivity index (χ4n) is 2.02. The first kappa shape index (κ1) is 14.2. The van der Waals surface area contributed by atoms with Crippen molar-refractivity contribution in [3.05, 3.63) is 34.6 Å². The molecule has 1 aromatic carbocycles. The summed E-state index contributed by atoms with van der Waals surface area (Å²) in [7, 11) is 0. The maximum absolute atomic E-state index is 12.3. The first-order valence-electron chi connectivity index (χ1n) is 6.60. The highest BCUT2D eigenvalue weighted by Crippen LogP contribution is 2.04. The van der Waals surface area contributed by atoms with Crippen LogP contribution in [0.15, 0.2) is 29.1 Å². The lowest BCUT2D eigenvalue weighted by atomic mass is 10.2. The zero-order valence-electron chi connectivity index (χ0n) is 11.7. The van der Waals surface area contributed by atoms with Gasteiger partial charge in [-0.1, -0.05) is 24.3 Å². The lowest BCUT2D eigenvalue weighted by Gasteiger charge is -2.21. The van der Waals surface area contributed by atoms with Crippen LogP contribution < -0.4 is 5.56 Å². The smallest absolute Gasteiger partial charge is 0.278 e. The van der Waals surface area contributed by atoms with Crippen LogP contribution >= 0.6 is 0 Å². The van der Waals surface area contributed by atoms with Crippen LogP contribution in [0, 0.1) is 17.2 Å². The van der Waals surface area contributed by atoms with E-state index in [0.717, 1.165) is 6.54 Å². The number of benzene rings is 1. The van der Waals surface area contributed by atoms with E-state index >= 15 is 0 Å². The molecule has 1 atom stereocenters. The molecule has 6 heteroatoms. The predicted octanol–water partition coefficient (Wildman–Crippen LogP) is 1.23. The van der Waals surface area contributed by atoms with Gasteiger partial charge in [0, 0.05) is 6.54 Å². The molecule has 0 saturated heterocycles. The van der Waals surface area contributed by atoms with E-state index in [0.29, 0.717) is 24.1 Å². The predicted molar refractivity (Wildman–Crippen MR) is 75.8 cm³/mol. The van der Waals surface area contributed by atoms with E-state index in [4.69, 9.17) is 5.26 Å². The molecule has 0 spiro atoms. The van der Waals surface area contributed by atoms with Crippen molar-refractivity contribution >= 4 is 10.9 Å². The van der Waals surface area contributed by atoms with E-state index in [9.17, 15) is 4.79 Å². The molecular formula is C14H17N5O. The van der Waals surface area contributed by atoms with Gasteiger partial charge in [0.05, 0.1) is 24.0 Å². The number of aromatic nitrogens is 3. The summed E-state index contributed by atoms with van der Waals surface area (Å²) in [5.41, 5.74) is 0.445. The van der Waals surface area contributed by atoms with Gasteiger partial charge in [-0.2, -0.15) is 9.94 Å². The first-order valence-corrected chi connectivity index (χ1v) is 6.60. The first-order chi connectivity index (χ1) is 9.65. The molecule has 2 rings (SSSR count). The second kappa shape index (κ2) is 6.26. The molecule has 6 nitrogen and oxygen atoms in total. The lowest BCUT2D eigenvalue weighted by Crippen LogP contribution is -2.36. The molecule has 0 bridgehead atoms. The van der Waals surface area contributed by atoms with Gasteiger partial charge in [-0.05, 0) is 25.6 Å². The minimum atomic E-state index is -0.154. The van der Waals surface area contributed by atoms with Gasteiger partial charge in [-0.3, -0.25) is 9.69 Å². The van der Waals surface area contributed by atoms with E-state index in [1.165, 1.54) is 4.68 Å². The number of nitrogens with zero attached hydrogens (tertiary/aromatic N) is 5. The number of nitriles is 1. The summed E-state index contributed by atoms with van der Waals surface area (Å²) in [6.07, 6.45) is 0. The van der Waals surface area contributed by atoms with Gasteiger partial charge >= 0.3 is 0 Å². The highest BCUT2D eigenvalue weighted by molar-refractivity contribution is 5.76. The van der Waals surface area contributed by atoms with Gasteiger partial charge in [-0.25, -0.2) is 0 Å². The quantitative estimate of drug-likeness (QED) is 0.817. The molecule has 2 aromatic rings. The van der Waals surface area contributed by atoms with E-state index in [1.807, 2.05) is 30.9 Å². The second-order valence-electron chi connectivity index (χ2n) is 4.75. The van der Waals surface area contributed by atoms with E-state index in [2.05, 4.69) is 16.4 Å². The lowest BCUT2D eigenvalue weighted by molar-refractivity contribution is 0.196. The van der Waals surface area contributed by atoms with Crippen LogP contribution in [0.1, 0.15) is 13.8 Å². The average Bonchev–Trinajstić information content (AvgIpc) is 2.49. The summed E-state index contributed by atoms with van der Waals surface area (Å²) in [4.78, 5) is 14.3. The van der Waals surface area contributed by atoms with Crippen molar-refractivity contribution in [3.8, 4) is 6.07 Å². The maximum Gasteiger partial charge on any atom is 0.278 e. The summed E-state index contributed by atoms with van der Waals surface area (Å²) >= 11 is 0. The van der Waals surface area contributed by atoms with Crippen molar-refractivity contribution in [2.45, 2.75) is 20.5 Å². The molecular weight excluding hydrogens is 254 g/mol. The van der Waals surface area contributed by atoms with Crippen molar-refractivity contribution in [1.82, 2.24) is 19.9 Å². The Bertz CT molecular complexity index is 688. The van der Waals surface area contributed by atoms with Crippen molar-refractivity contribution in [1.29, 1.82) is 5.26 Å². The molecule has 0 saturated carbocycles. The number of rotatable bonds is 5. The summed E-state index contributed by atoms with van der Waals surface area (Å²) in [6.45, 7) is 5.54. The van der Waals surface area contributed by atoms with Crippen LogP contribution in [0.5, 0.6) is 0 Å². The van der Waals surface area contributed by atoms with Crippen LogP contribution in [0.3, 0.4) is 0 Å². The summed E-state index contributed by atoms with van der Waals surface area (Å²) < 4.78 is 1.34. The zero-order valence-corrected chi connectivity index (χ0v) is 11.7. The number of hydrogen-bond donors (Lipinski definition) is 0. The number of fused-ring (bicyclic) bond motifs is 1. The molecule has 0 radical (unpaired) electrons. The molecule has 0 N–H and O–H groups in total. The van der Waals surface area contributed by atoms with Crippen LogP contribution in [0.25, 0.3) is 10.9 Å². The van der Waals surface area contributed by atoms with Gasteiger partial charge in [0.15, 0.2) is 0 Å². The zero-order chi connectivity index (χ0) is 14.5. The fraction of sp³-hybridized carbons (Fsp3) is 0.429. The van der Waals surface area contributed by atoms with Crippen molar-refractivity contribution in [3.63, 3.8) is 0 Å². The second-order valence-corrected chi connectivity index (χ2v) is 4.75. The number of hydrogen-bond acceptors (Lipinski definition) is 5. The Morgan fingerprint density at radius 2 is 2.20 bits per heavy atom. The molecule has 1 heterocycles. The SMILES string of the molecule is CCN(CC(C)C#N)Cn1nnc2ccccc2c1=O. The van der Waals surface area contributed by atoms with E-state index < -0.39 is 0 Å². The van der Waals surface area contributed by atoms with Gasteiger partial charge in [0.1, 0.15) is 5.52 Å². The summed E-state index contributed by atoms with van der Waals surface area (Å²) in [6, 6.07) is 9.35. The summed E-state index contributed by atoms with van der Waals surface area (Å²) in [5, 5.41) is 17.4. The van der Waals surface area contributed by atoms with Crippen LogP contribution in [-0.4, -0.2) is 33.0 Å². The Balaban J connectivity index is 2.27. The maximum atomic E-state index is 12.3. The van der Waals surface area contributed by atoms with Crippen LogP contribution in [0.4, 0.5) is 0 Å². The molecule has 104 valence electrons. The largest absolute Gasteiger partial charge is 0.283 e. The minimum absolute atomic E-state index is 0.0842. The van der Waals surface area contributed by atoms with Crippen molar-refractivity contribution in [2.24, 2.45) is 5.92 Å².